The van der Waals surface area contributed by atoms with Gasteiger partial charge >= 0.3 is 0 Å². The Morgan fingerprint density at radius 2 is 0.864 bits per heavy atom. The minimum absolute atomic E-state index is 0.0800. The van der Waals surface area contributed by atoms with Crippen molar-refractivity contribution in [3.8, 4) is 78.4 Å². The first-order chi connectivity index (χ1) is 29.0. The molecule has 1 aromatic heterocycles. The van der Waals surface area contributed by atoms with E-state index in [0.29, 0.717) is 5.82 Å². The maximum Gasteiger partial charge on any atom is 0.160 e. The molecule has 59 heavy (non-hydrogen) atoms. The van der Waals surface area contributed by atoms with Gasteiger partial charge < -0.3 is 0 Å². The number of aromatic nitrogens is 2. The Morgan fingerprint density at radius 1 is 0.305 bits per heavy atom. The molecule has 11 rings (SSSR count). The van der Waals surface area contributed by atoms with Crippen molar-refractivity contribution in [3.05, 3.63) is 217 Å². The van der Waals surface area contributed by atoms with Crippen LogP contribution in [0.4, 0.5) is 0 Å². The Kier molecular flexibility index (Phi) is 8.20. The zero-order chi connectivity index (χ0) is 39.5. The second kappa shape index (κ2) is 13.9. The van der Waals surface area contributed by atoms with E-state index in [2.05, 4.69) is 202 Å². The second-order valence-electron chi connectivity index (χ2n) is 16.2. The average molecular weight is 753 g/mol. The fraction of sp³-hybridized carbons (Fsp3) is 0.0526. The first-order valence-electron chi connectivity index (χ1n) is 20.4. The van der Waals surface area contributed by atoms with Crippen molar-refractivity contribution in [2.75, 3.05) is 0 Å². The van der Waals surface area contributed by atoms with Crippen molar-refractivity contribution >= 4 is 21.5 Å². The maximum absolute atomic E-state index is 5.27. The number of hydrogen-bond acceptors (Lipinski definition) is 2. The van der Waals surface area contributed by atoms with E-state index < -0.39 is 0 Å². The van der Waals surface area contributed by atoms with E-state index in [4.69, 9.17) is 9.97 Å². The molecular formula is C57H40N2. The van der Waals surface area contributed by atoms with Crippen LogP contribution in [0.25, 0.3) is 100.0 Å². The lowest BCUT2D eigenvalue weighted by Gasteiger charge is -2.22. The third kappa shape index (κ3) is 6.04. The van der Waals surface area contributed by atoms with Crippen LogP contribution in [-0.2, 0) is 5.41 Å². The number of rotatable bonds is 6. The predicted molar refractivity (Wildman–Crippen MR) is 247 cm³/mol. The van der Waals surface area contributed by atoms with Gasteiger partial charge in [-0.15, -0.1) is 0 Å². The van der Waals surface area contributed by atoms with Gasteiger partial charge in [-0.2, -0.15) is 0 Å². The molecule has 0 spiro atoms. The van der Waals surface area contributed by atoms with Gasteiger partial charge in [0, 0.05) is 22.1 Å². The highest BCUT2D eigenvalue weighted by molar-refractivity contribution is 6.05. The molecule has 0 aliphatic heterocycles. The van der Waals surface area contributed by atoms with Crippen molar-refractivity contribution in [1.29, 1.82) is 0 Å². The van der Waals surface area contributed by atoms with Gasteiger partial charge in [0.1, 0.15) is 0 Å². The molecule has 10 aromatic rings. The lowest BCUT2D eigenvalue weighted by molar-refractivity contribution is 0.660. The highest BCUT2D eigenvalue weighted by atomic mass is 14.9. The fourth-order valence-electron chi connectivity index (χ4n) is 9.20. The fourth-order valence-corrected chi connectivity index (χ4v) is 9.20. The number of benzene rings is 9. The summed E-state index contributed by atoms with van der Waals surface area (Å²) in [6.07, 6.45) is 0. The second-order valence-corrected chi connectivity index (χ2v) is 16.2. The summed E-state index contributed by atoms with van der Waals surface area (Å²) < 4.78 is 0. The van der Waals surface area contributed by atoms with E-state index in [9.17, 15) is 0 Å². The van der Waals surface area contributed by atoms with Crippen molar-refractivity contribution in [2.24, 2.45) is 0 Å². The van der Waals surface area contributed by atoms with E-state index in [-0.39, 0.29) is 5.41 Å². The third-order valence-corrected chi connectivity index (χ3v) is 12.3. The average Bonchev–Trinajstić information content (AvgIpc) is 3.53. The summed E-state index contributed by atoms with van der Waals surface area (Å²) in [6, 6.07) is 74.6. The Hall–Kier alpha value is -7.42. The largest absolute Gasteiger partial charge is 0.228 e. The minimum atomic E-state index is -0.0800. The number of nitrogens with zero attached hydrogens (tertiary/aromatic N) is 2. The van der Waals surface area contributed by atoms with Gasteiger partial charge in [-0.25, -0.2) is 9.97 Å². The van der Waals surface area contributed by atoms with Gasteiger partial charge in [0.25, 0.3) is 0 Å². The molecule has 278 valence electrons. The van der Waals surface area contributed by atoms with Crippen LogP contribution in [0.3, 0.4) is 0 Å². The topological polar surface area (TPSA) is 25.8 Å². The first-order valence-corrected chi connectivity index (χ1v) is 20.4. The van der Waals surface area contributed by atoms with Gasteiger partial charge in [-0.1, -0.05) is 184 Å². The molecule has 0 amide bonds. The van der Waals surface area contributed by atoms with Crippen molar-refractivity contribution in [3.63, 3.8) is 0 Å². The van der Waals surface area contributed by atoms with Crippen LogP contribution < -0.4 is 0 Å². The van der Waals surface area contributed by atoms with E-state index in [1.807, 2.05) is 18.2 Å². The molecule has 0 bridgehead atoms. The molecule has 9 aromatic carbocycles. The smallest absolute Gasteiger partial charge is 0.160 e. The molecule has 0 fully saturated rings. The summed E-state index contributed by atoms with van der Waals surface area (Å²) in [7, 11) is 0. The summed E-state index contributed by atoms with van der Waals surface area (Å²) in [6.45, 7) is 4.71. The van der Waals surface area contributed by atoms with Crippen LogP contribution >= 0.6 is 0 Å². The minimum Gasteiger partial charge on any atom is -0.228 e. The van der Waals surface area contributed by atoms with E-state index >= 15 is 0 Å². The van der Waals surface area contributed by atoms with Gasteiger partial charge in [0.2, 0.25) is 0 Å². The SMILES string of the molecule is CC1(C)c2ccccc2-c2ccc(-c3cc(-c4ccccc4)cc(-c4ccc(-c5cc(-c6ccc7ccccc7c6)nc(-c6ccccc6)n5)c5ccccc45)c3)cc21. The quantitative estimate of drug-likeness (QED) is 0.169. The van der Waals surface area contributed by atoms with E-state index in [1.54, 1.807) is 0 Å². The molecule has 0 atom stereocenters. The zero-order valence-corrected chi connectivity index (χ0v) is 33.0. The summed E-state index contributed by atoms with van der Waals surface area (Å²) in [5.41, 5.74) is 17.4. The molecule has 1 heterocycles. The molecular weight excluding hydrogens is 713 g/mol. The van der Waals surface area contributed by atoms with Gasteiger partial charge in [0.05, 0.1) is 11.4 Å². The normalized spacial score (nSPS) is 12.7. The van der Waals surface area contributed by atoms with Crippen LogP contribution in [-0.4, -0.2) is 9.97 Å². The molecule has 0 saturated carbocycles. The molecule has 1 aliphatic rings. The van der Waals surface area contributed by atoms with Crippen molar-refractivity contribution in [1.82, 2.24) is 9.97 Å². The summed E-state index contributed by atoms with van der Waals surface area (Å²) in [5, 5.41) is 4.72. The molecule has 1 aliphatic carbocycles. The predicted octanol–water partition coefficient (Wildman–Crippen LogP) is 15.1. The number of hydrogen-bond donors (Lipinski definition) is 0. The number of fused-ring (bicyclic) bond motifs is 5. The van der Waals surface area contributed by atoms with Gasteiger partial charge in [-0.3, -0.25) is 0 Å². The molecule has 2 nitrogen and oxygen atoms in total. The van der Waals surface area contributed by atoms with Crippen LogP contribution in [0, 0.1) is 0 Å². The lowest BCUT2D eigenvalue weighted by atomic mass is 9.81. The molecule has 0 unspecified atom stereocenters. The van der Waals surface area contributed by atoms with Crippen LogP contribution in [0.5, 0.6) is 0 Å². The Labute approximate surface area is 345 Å². The molecule has 0 N–H and O–H groups in total. The van der Waals surface area contributed by atoms with Crippen LogP contribution in [0.2, 0.25) is 0 Å². The standard InChI is InChI=1S/C57H40N2/c1-57(2)52-24-14-13-23-49(52)50-28-27-41(35-53(50)57)44-32-43(37-15-5-3-6-16-37)33-45(34-44)46-29-30-51(48-22-12-11-21-47(46)48)55-36-54(58-56(59-55)39-18-7-4-8-19-39)42-26-25-38-17-9-10-20-40(38)31-42/h3-36H,1-2H3. The van der Waals surface area contributed by atoms with Gasteiger partial charge in [0.15, 0.2) is 5.82 Å². The summed E-state index contributed by atoms with van der Waals surface area (Å²) in [5.74, 6) is 0.709. The third-order valence-electron chi connectivity index (χ3n) is 12.3. The monoisotopic (exact) mass is 752 g/mol. The van der Waals surface area contributed by atoms with Crippen molar-refractivity contribution < 1.29 is 0 Å². The first kappa shape index (κ1) is 34.8. The van der Waals surface area contributed by atoms with Crippen LogP contribution in [0.1, 0.15) is 25.0 Å². The summed E-state index contributed by atoms with van der Waals surface area (Å²) in [4.78, 5) is 10.4. The highest BCUT2D eigenvalue weighted by Crippen LogP contribution is 2.50. The molecule has 0 saturated heterocycles. The summed E-state index contributed by atoms with van der Waals surface area (Å²) >= 11 is 0. The Balaban J connectivity index is 1.08. The Bertz CT molecular complexity index is 3230. The van der Waals surface area contributed by atoms with Gasteiger partial charge in [-0.05, 0) is 114 Å². The van der Waals surface area contributed by atoms with E-state index in [0.717, 1.165) is 33.5 Å². The highest BCUT2D eigenvalue weighted by Gasteiger charge is 2.35. The maximum atomic E-state index is 5.27. The van der Waals surface area contributed by atoms with Crippen LogP contribution in [0.15, 0.2) is 206 Å². The Morgan fingerprint density at radius 3 is 1.66 bits per heavy atom. The van der Waals surface area contributed by atoms with E-state index in [1.165, 1.54) is 71.8 Å². The molecule has 2 heteroatoms. The zero-order valence-electron chi connectivity index (χ0n) is 33.0. The molecule has 0 radical (unpaired) electrons. The van der Waals surface area contributed by atoms with Crippen molar-refractivity contribution in [2.45, 2.75) is 19.3 Å². The lowest BCUT2D eigenvalue weighted by Crippen LogP contribution is -2.14.